The molecule has 119 heavy (non-hydrogen) atoms. The Hall–Kier alpha value is -1.49. The number of carbonyl (C=O) groups is 1. The summed E-state index contributed by atoms with van der Waals surface area (Å²) in [4.78, 5) is 13.8. The van der Waals surface area contributed by atoms with Crippen LogP contribution in [-0.4, -0.2) is 285 Å². The lowest BCUT2D eigenvalue weighted by Gasteiger charge is -2.53. The standard InChI is InChI=1S/C93H177NO25/c1-18-34-49-96-64-70-76(100-53-38-22-5)82(105-58-43-27-10)85(107-60-45-29-12)90(114-70)111-67-73-78(102-55-40-24-7)84(87(109-62-47-31-14)92(116-73)117-79-72(66-98-51-36-20-3)113-89(110-63-48-32-15)74(94-68(17)95)80(79)103-56-41-25-8)118-93-88(83(106-59-44-28-11)77(101-54-39-23-6)71(115-93)65-97-50-35-19-2)119-91-86(108-61-46-30-13)81(104-57-42-26-9)75(69(33-16)112-91)99-52-37-21-4/h69-93H,18-67H2,1-17H3,(H,94,95)/t69-,70?,71-,72?,73?,74?,75+,76+,77+,78+,79+,80+,81?,82-,83?,84-,85?,86?,87?,88?,89+,90-,91+,92-,93+/m0/s1. The van der Waals surface area contributed by atoms with E-state index >= 15 is 0 Å². The van der Waals surface area contributed by atoms with E-state index in [4.69, 9.17) is 114 Å². The number of carbonyl (C=O) groups excluding carboxylic acids is 1. The number of unbranched alkanes of at least 4 members (excludes halogenated alkanes) is 15. The first-order chi connectivity index (χ1) is 58.3. The highest BCUT2D eigenvalue weighted by atomic mass is 16.8. The molecule has 5 aliphatic heterocycles. The summed E-state index contributed by atoms with van der Waals surface area (Å²) in [5, 5.41) is 3.23. The molecule has 26 heteroatoms. The number of ether oxygens (including phenoxy) is 24. The van der Waals surface area contributed by atoms with Gasteiger partial charge < -0.3 is 119 Å². The molecule has 0 aliphatic carbocycles. The summed E-state index contributed by atoms with van der Waals surface area (Å²) in [5.74, 6) is -0.292. The monoisotopic (exact) mass is 1710 g/mol. The maximum atomic E-state index is 13.8. The van der Waals surface area contributed by atoms with Crippen LogP contribution in [0.3, 0.4) is 0 Å². The van der Waals surface area contributed by atoms with Crippen LogP contribution in [0.1, 0.15) is 317 Å². The first-order valence-corrected chi connectivity index (χ1v) is 48.6. The van der Waals surface area contributed by atoms with Gasteiger partial charge in [-0.25, -0.2) is 0 Å². The molecule has 5 fully saturated rings. The number of hydrogen-bond acceptors (Lipinski definition) is 25. The van der Waals surface area contributed by atoms with Gasteiger partial charge in [-0.1, -0.05) is 207 Å². The number of amides is 1. The highest BCUT2D eigenvalue weighted by Crippen LogP contribution is 2.42. The Labute approximate surface area is 722 Å². The lowest BCUT2D eigenvalue weighted by atomic mass is 9.94. The van der Waals surface area contributed by atoms with Gasteiger partial charge in [0.15, 0.2) is 31.5 Å². The fourth-order valence-corrected chi connectivity index (χ4v) is 15.2. The zero-order valence-electron chi connectivity index (χ0n) is 78.0. The van der Waals surface area contributed by atoms with Crippen LogP contribution >= 0.6 is 0 Å². The Bertz CT molecular complexity index is 2370. The minimum Gasteiger partial charge on any atom is -0.379 e. The molecular formula is C93H177NO25. The van der Waals surface area contributed by atoms with Crippen molar-refractivity contribution in [3.05, 3.63) is 0 Å². The number of nitrogens with one attached hydrogen (secondary N) is 1. The smallest absolute Gasteiger partial charge is 0.217 e. The summed E-state index contributed by atoms with van der Waals surface area (Å²) < 4.78 is 174. The molecule has 0 aromatic carbocycles. The van der Waals surface area contributed by atoms with Crippen molar-refractivity contribution < 1.29 is 118 Å². The molecule has 1 N–H and O–H groups in total. The van der Waals surface area contributed by atoms with Crippen LogP contribution in [0.15, 0.2) is 0 Å². The average molecular weight is 1710 g/mol. The summed E-state index contributed by atoms with van der Waals surface area (Å²) in [6, 6.07) is -0.854. The molecule has 0 saturated carbocycles. The molecule has 5 rings (SSSR count). The maximum absolute atomic E-state index is 13.8. The molecule has 0 aromatic heterocycles. The van der Waals surface area contributed by atoms with Gasteiger partial charge in [-0.05, 0) is 103 Å². The van der Waals surface area contributed by atoms with Crippen molar-refractivity contribution in [1.29, 1.82) is 0 Å². The van der Waals surface area contributed by atoms with Crippen molar-refractivity contribution in [1.82, 2.24) is 5.32 Å². The van der Waals surface area contributed by atoms with Crippen LogP contribution in [0, 0.1) is 0 Å². The van der Waals surface area contributed by atoms with Crippen molar-refractivity contribution in [3.63, 3.8) is 0 Å². The van der Waals surface area contributed by atoms with Crippen molar-refractivity contribution in [2.75, 3.05) is 126 Å². The van der Waals surface area contributed by atoms with Gasteiger partial charge in [0.1, 0.15) is 116 Å². The summed E-state index contributed by atoms with van der Waals surface area (Å²) in [6.07, 6.45) is 4.73. The van der Waals surface area contributed by atoms with E-state index in [0.29, 0.717) is 105 Å². The lowest BCUT2D eigenvalue weighted by molar-refractivity contribution is -0.407. The van der Waals surface area contributed by atoms with Crippen LogP contribution in [0.2, 0.25) is 0 Å². The summed E-state index contributed by atoms with van der Waals surface area (Å²) in [6.45, 7) is 42.5. The normalized spacial score (nSPS) is 31.3. The van der Waals surface area contributed by atoms with Gasteiger partial charge in [-0.3, -0.25) is 4.79 Å². The summed E-state index contributed by atoms with van der Waals surface area (Å²) in [7, 11) is 0. The third-order valence-corrected chi connectivity index (χ3v) is 22.5. The predicted octanol–water partition coefficient (Wildman–Crippen LogP) is 17.0. The Balaban J connectivity index is 1.95. The Morgan fingerprint density at radius 2 is 0.454 bits per heavy atom. The molecule has 704 valence electrons. The molecule has 25 atom stereocenters. The van der Waals surface area contributed by atoms with Crippen LogP contribution in [-0.2, 0) is 118 Å². The van der Waals surface area contributed by atoms with E-state index in [1.807, 2.05) is 0 Å². The Morgan fingerprint density at radius 3 is 0.815 bits per heavy atom. The van der Waals surface area contributed by atoms with Gasteiger partial charge in [0.05, 0.1) is 32.5 Å². The largest absolute Gasteiger partial charge is 0.379 e. The second-order valence-corrected chi connectivity index (χ2v) is 33.1. The molecule has 5 heterocycles. The van der Waals surface area contributed by atoms with Crippen LogP contribution in [0.5, 0.6) is 0 Å². The minimum atomic E-state index is -1.34. The first-order valence-electron chi connectivity index (χ1n) is 48.6. The Kier molecular flexibility index (Phi) is 61.5. The van der Waals surface area contributed by atoms with Crippen molar-refractivity contribution >= 4 is 5.91 Å². The maximum Gasteiger partial charge on any atom is 0.217 e. The van der Waals surface area contributed by atoms with Gasteiger partial charge in [0.25, 0.3) is 0 Å². The van der Waals surface area contributed by atoms with Crippen LogP contribution < -0.4 is 5.32 Å². The number of hydrogen-bond donors (Lipinski definition) is 1. The SMILES string of the molecule is CCCCOCC1O[C@@H](OCCCC)C(NC(C)=O)[C@@H](OCCCC)[C@@H]1O[C@@H]1OC(CO[C@H]2OC(COCCCC)[C@@H](OCCCC)[C@H](OCCCC)C2OCCCC)[C@@H](OCCCC)[C@H](O[C@H]2O[C@@H](COCCCC)[C@@H](OCCCC)C(OCCCC)C2O[C@H]2O[C@@H](CC)[C@@H](OCCCC)C(OCCCC)C2OCCCC)C1OCCCC. The predicted molar refractivity (Wildman–Crippen MR) is 461 cm³/mol. The molecule has 26 nitrogen and oxygen atoms in total. The quantitative estimate of drug-likeness (QED) is 0.0556. The van der Waals surface area contributed by atoms with Gasteiger partial charge in [0, 0.05) is 106 Å². The molecule has 0 bridgehead atoms. The molecule has 0 aromatic rings. The highest BCUT2D eigenvalue weighted by Gasteiger charge is 2.60. The fourth-order valence-electron chi connectivity index (χ4n) is 15.2. The first kappa shape index (κ1) is 108. The topological polar surface area (TPSA) is 251 Å². The molecular weight excluding hydrogens is 1530 g/mol. The number of rotatable bonds is 74. The highest BCUT2D eigenvalue weighted by molar-refractivity contribution is 5.73. The van der Waals surface area contributed by atoms with Crippen LogP contribution in [0.4, 0.5) is 0 Å². The van der Waals surface area contributed by atoms with E-state index in [1.54, 1.807) is 0 Å². The zero-order chi connectivity index (χ0) is 86.0. The molecule has 5 saturated heterocycles. The van der Waals surface area contributed by atoms with Crippen molar-refractivity contribution in [2.45, 2.75) is 470 Å². The molecule has 0 radical (unpaired) electrons. The Morgan fingerprint density at radius 1 is 0.218 bits per heavy atom. The minimum absolute atomic E-state index is 0.0907. The van der Waals surface area contributed by atoms with Crippen LogP contribution in [0.25, 0.3) is 0 Å². The molecule has 1 amide bonds. The van der Waals surface area contributed by atoms with Gasteiger partial charge in [0.2, 0.25) is 5.91 Å². The van der Waals surface area contributed by atoms with E-state index in [9.17, 15) is 4.79 Å². The van der Waals surface area contributed by atoms with Gasteiger partial charge in [-0.2, -0.15) is 0 Å². The van der Waals surface area contributed by atoms with E-state index in [1.165, 1.54) is 6.92 Å². The lowest BCUT2D eigenvalue weighted by Crippen LogP contribution is -2.70. The van der Waals surface area contributed by atoms with Crippen molar-refractivity contribution in [2.24, 2.45) is 0 Å². The van der Waals surface area contributed by atoms with E-state index in [2.05, 4.69) is 116 Å². The molecule has 0 spiro atoms. The van der Waals surface area contributed by atoms with E-state index in [0.717, 1.165) is 180 Å². The summed E-state index contributed by atoms with van der Waals surface area (Å²) >= 11 is 0. The average Bonchev–Trinajstić information content (AvgIpc) is 0.758. The van der Waals surface area contributed by atoms with E-state index in [-0.39, 0.29) is 45.5 Å². The fraction of sp³-hybridized carbons (Fsp3) is 0.989. The van der Waals surface area contributed by atoms with Crippen molar-refractivity contribution in [3.8, 4) is 0 Å². The molecule has 10 unspecified atom stereocenters. The third-order valence-electron chi connectivity index (χ3n) is 22.5. The second kappa shape index (κ2) is 67.7. The summed E-state index contributed by atoms with van der Waals surface area (Å²) in [5.41, 5.74) is 0. The van der Waals surface area contributed by atoms with Gasteiger partial charge >= 0.3 is 0 Å². The van der Waals surface area contributed by atoms with E-state index < -0.39 is 153 Å². The second-order valence-electron chi connectivity index (χ2n) is 33.1. The molecule has 5 aliphatic rings. The third kappa shape index (κ3) is 38.4. The van der Waals surface area contributed by atoms with Gasteiger partial charge in [-0.15, -0.1) is 0 Å². The zero-order valence-corrected chi connectivity index (χ0v) is 78.0.